The lowest BCUT2D eigenvalue weighted by Crippen LogP contribution is -2.46. The Balaban J connectivity index is 1.66. The van der Waals surface area contributed by atoms with Crippen molar-refractivity contribution in [3.8, 4) is 0 Å². The lowest BCUT2D eigenvalue weighted by molar-refractivity contribution is -0.123. The first kappa shape index (κ1) is 18.1. The second-order valence-corrected chi connectivity index (χ2v) is 7.22. The number of amides is 1. The molecule has 3 aromatic heterocycles. The highest BCUT2D eigenvalue weighted by Gasteiger charge is 2.41. The summed E-state index contributed by atoms with van der Waals surface area (Å²) in [6, 6.07) is 0. The molecule has 4 rings (SSSR count). The fourth-order valence-electron chi connectivity index (χ4n) is 3.85. The second kappa shape index (κ2) is 6.43. The van der Waals surface area contributed by atoms with Crippen molar-refractivity contribution in [2.75, 3.05) is 0 Å². The number of carbonyl (C=O) groups excluding carboxylic acids is 1. The van der Waals surface area contributed by atoms with Gasteiger partial charge >= 0.3 is 5.69 Å². The van der Waals surface area contributed by atoms with Gasteiger partial charge in [-0.1, -0.05) is 18.0 Å². The number of fused-ring (bicyclic) bond motifs is 1. The van der Waals surface area contributed by atoms with Gasteiger partial charge in [-0.15, -0.1) is 0 Å². The molecule has 0 spiro atoms. The van der Waals surface area contributed by atoms with E-state index in [2.05, 4.69) is 20.4 Å². The lowest BCUT2D eigenvalue weighted by Gasteiger charge is -2.26. The third-order valence-electron chi connectivity index (χ3n) is 5.32. The minimum atomic E-state index is -0.664. The predicted octanol–water partition coefficient (Wildman–Crippen LogP) is -0.289. The molecule has 1 N–H and O–H groups in total. The van der Waals surface area contributed by atoms with Gasteiger partial charge in [-0.2, -0.15) is 4.98 Å². The van der Waals surface area contributed by atoms with Crippen molar-refractivity contribution in [1.29, 1.82) is 0 Å². The van der Waals surface area contributed by atoms with Gasteiger partial charge in [0.15, 0.2) is 17.0 Å². The maximum atomic E-state index is 12.8. The summed E-state index contributed by atoms with van der Waals surface area (Å²) in [4.78, 5) is 45.8. The first-order valence-electron chi connectivity index (χ1n) is 9.05. The van der Waals surface area contributed by atoms with Gasteiger partial charge in [-0.3, -0.25) is 18.7 Å². The summed E-state index contributed by atoms with van der Waals surface area (Å²) in [6.45, 7) is 1.60. The van der Waals surface area contributed by atoms with Crippen LogP contribution in [-0.4, -0.2) is 34.7 Å². The van der Waals surface area contributed by atoms with E-state index in [0.717, 1.165) is 30.3 Å². The zero-order valence-corrected chi connectivity index (χ0v) is 15.9. The largest absolute Gasteiger partial charge is 0.342 e. The van der Waals surface area contributed by atoms with E-state index < -0.39 is 16.8 Å². The Hall–Kier alpha value is -3.24. The molecule has 0 radical (unpaired) electrons. The zero-order valence-electron chi connectivity index (χ0n) is 15.9. The number of aryl methyl sites for hydroxylation is 2. The molecule has 1 amide bonds. The molecule has 0 aliphatic heterocycles. The minimum Gasteiger partial charge on any atom is -0.342 e. The first-order valence-corrected chi connectivity index (χ1v) is 9.05. The standard InChI is InChI=1S/C17H21N7O4/c1-10-19-15(21-28-10)17(6-4-5-7-17)20-11(25)8-24-9-18-13-12(24)14(26)23(3)16(27)22(13)2/h9H,4-8H2,1-3H3,(H,20,25). The van der Waals surface area contributed by atoms with Gasteiger partial charge < -0.3 is 14.4 Å². The summed E-state index contributed by atoms with van der Waals surface area (Å²) in [7, 11) is 2.93. The third kappa shape index (κ3) is 2.74. The van der Waals surface area contributed by atoms with Crippen molar-refractivity contribution in [3.05, 3.63) is 38.9 Å². The highest BCUT2D eigenvalue weighted by atomic mass is 16.5. The maximum Gasteiger partial charge on any atom is 0.332 e. The fourth-order valence-corrected chi connectivity index (χ4v) is 3.85. The van der Waals surface area contributed by atoms with E-state index in [0.29, 0.717) is 11.7 Å². The zero-order chi connectivity index (χ0) is 20.1. The Morgan fingerprint density at radius 3 is 2.61 bits per heavy atom. The van der Waals surface area contributed by atoms with Crippen LogP contribution in [0.25, 0.3) is 11.2 Å². The number of rotatable bonds is 4. The lowest BCUT2D eigenvalue weighted by atomic mass is 9.96. The molecule has 3 aromatic rings. The fraction of sp³-hybridized carbons (Fsp3) is 0.529. The van der Waals surface area contributed by atoms with E-state index in [9.17, 15) is 14.4 Å². The summed E-state index contributed by atoms with van der Waals surface area (Å²) >= 11 is 0. The van der Waals surface area contributed by atoms with Crippen molar-refractivity contribution in [2.45, 2.75) is 44.7 Å². The van der Waals surface area contributed by atoms with Gasteiger partial charge in [-0.25, -0.2) is 9.78 Å². The van der Waals surface area contributed by atoms with Crippen molar-refractivity contribution in [2.24, 2.45) is 14.1 Å². The van der Waals surface area contributed by atoms with Crippen LogP contribution in [0, 0.1) is 6.92 Å². The Bertz CT molecular complexity index is 1180. The normalized spacial score (nSPS) is 16.0. The van der Waals surface area contributed by atoms with Gasteiger partial charge in [0.2, 0.25) is 11.8 Å². The number of nitrogens with zero attached hydrogens (tertiary/aromatic N) is 6. The maximum absolute atomic E-state index is 12.8. The molecule has 1 aliphatic rings. The molecule has 0 bridgehead atoms. The third-order valence-corrected chi connectivity index (χ3v) is 5.32. The van der Waals surface area contributed by atoms with E-state index in [1.54, 1.807) is 6.92 Å². The molecule has 3 heterocycles. The van der Waals surface area contributed by atoms with Gasteiger partial charge in [0.1, 0.15) is 12.1 Å². The van der Waals surface area contributed by atoms with Gasteiger partial charge in [0.25, 0.3) is 5.56 Å². The highest BCUT2D eigenvalue weighted by molar-refractivity contribution is 5.79. The summed E-state index contributed by atoms with van der Waals surface area (Å²) < 4.78 is 8.83. The molecule has 0 aromatic carbocycles. The molecule has 11 heteroatoms. The average molecular weight is 387 g/mol. The molecule has 0 saturated heterocycles. The molecule has 0 atom stereocenters. The van der Waals surface area contributed by atoms with E-state index in [-0.39, 0.29) is 23.6 Å². The first-order chi connectivity index (χ1) is 13.3. The number of aromatic nitrogens is 6. The van der Waals surface area contributed by atoms with Crippen LogP contribution in [0.4, 0.5) is 0 Å². The van der Waals surface area contributed by atoms with Crippen LogP contribution < -0.4 is 16.6 Å². The summed E-state index contributed by atoms with van der Waals surface area (Å²) in [6.07, 6.45) is 4.73. The van der Waals surface area contributed by atoms with Crippen LogP contribution in [0.1, 0.15) is 37.4 Å². The predicted molar refractivity (Wildman–Crippen MR) is 97.5 cm³/mol. The topological polar surface area (TPSA) is 130 Å². The van der Waals surface area contributed by atoms with Gasteiger partial charge in [-0.05, 0) is 12.8 Å². The minimum absolute atomic E-state index is 0.109. The molecule has 148 valence electrons. The van der Waals surface area contributed by atoms with E-state index >= 15 is 0 Å². The summed E-state index contributed by atoms with van der Waals surface area (Å²) in [5, 5.41) is 7.04. The van der Waals surface area contributed by atoms with Crippen molar-refractivity contribution in [1.82, 2.24) is 34.1 Å². The molecular weight excluding hydrogens is 366 g/mol. The number of hydrogen-bond donors (Lipinski definition) is 1. The van der Waals surface area contributed by atoms with E-state index in [1.165, 1.54) is 29.6 Å². The van der Waals surface area contributed by atoms with Crippen molar-refractivity contribution >= 4 is 17.1 Å². The van der Waals surface area contributed by atoms with Crippen LogP contribution in [0.3, 0.4) is 0 Å². The van der Waals surface area contributed by atoms with Crippen molar-refractivity contribution in [3.63, 3.8) is 0 Å². The Labute approximate surface area is 159 Å². The van der Waals surface area contributed by atoms with E-state index in [1.807, 2.05) is 0 Å². The van der Waals surface area contributed by atoms with Crippen LogP contribution in [0.5, 0.6) is 0 Å². The average Bonchev–Trinajstić information content (AvgIpc) is 3.39. The number of carbonyl (C=O) groups is 1. The van der Waals surface area contributed by atoms with Crippen LogP contribution in [0.15, 0.2) is 20.4 Å². The number of nitrogens with one attached hydrogen (secondary N) is 1. The van der Waals surface area contributed by atoms with E-state index in [4.69, 9.17) is 4.52 Å². The summed E-state index contributed by atoms with van der Waals surface area (Å²) in [5.74, 6) is 0.629. The Morgan fingerprint density at radius 2 is 1.96 bits per heavy atom. The molecule has 0 unspecified atom stereocenters. The molecular formula is C17H21N7O4. The summed E-state index contributed by atoms with van der Waals surface area (Å²) in [5.41, 5.74) is -1.18. The highest BCUT2D eigenvalue weighted by Crippen LogP contribution is 2.37. The smallest absolute Gasteiger partial charge is 0.332 e. The second-order valence-electron chi connectivity index (χ2n) is 7.22. The Kier molecular flexibility index (Phi) is 4.16. The van der Waals surface area contributed by atoms with Gasteiger partial charge in [0.05, 0.1) is 6.33 Å². The Morgan fingerprint density at radius 1 is 1.25 bits per heavy atom. The van der Waals surface area contributed by atoms with Crippen molar-refractivity contribution < 1.29 is 9.32 Å². The number of imidazole rings is 1. The quantitative estimate of drug-likeness (QED) is 0.651. The van der Waals surface area contributed by atoms with Crippen LogP contribution >= 0.6 is 0 Å². The molecule has 11 nitrogen and oxygen atoms in total. The number of hydrogen-bond acceptors (Lipinski definition) is 7. The van der Waals surface area contributed by atoms with Crippen LogP contribution in [-0.2, 0) is 31.0 Å². The molecule has 1 saturated carbocycles. The monoisotopic (exact) mass is 387 g/mol. The molecule has 1 aliphatic carbocycles. The SMILES string of the molecule is Cc1nc(C2(NC(=O)Cn3cnc4c3c(=O)n(C)c(=O)n4C)CCCC2)no1. The molecule has 28 heavy (non-hydrogen) atoms. The van der Waals surface area contributed by atoms with Crippen LogP contribution in [0.2, 0.25) is 0 Å². The van der Waals surface area contributed by atoms with Gasteiger partial charge in [0, 0.05) is 21.0 Å². The molecule has 1 fully saturated rings.